The minimum Gasteiger partial charge on any atom is -0.623 e. The van der Waals surface area contributed by atoms with Gasteiger partial charge in [0.25, 0.3) is 5.28 Å². The molecule has 1 aromatic rings. The number of hydrogen-bond acceptors (Lipinski definition) is 4. The van der Waals surface area contributed by atoms with Gasteiger partial charge >= 0.3 is 7.60 Å². The van der Waals surface area contributed by atoms with Gasteiger partial charge in [0.2, 0.25) is 0 Å². The summed E-state index contributed by atoms with van der Waals surface area (Å²) in [5, 5.41) is 11.1. The van der Waals surface area contributed by atoms with Crippen LogP contribution >= 0.6 is 7.60 Å². The monoisotopic (exact) mass is 299 g/mol. The molecule has 0 N–H and O–H groups in total. The Balaban J connectivity index is 3.12. The van der Waals surface area contributed by atoms with Crippen molar-refractivity contribution in [2.24, 2.45) is 0 Å². The Labute approximate surface area is 120 Å². The van der Waals surface area contributed by atoms with Crippen LogP contribution in [-0.4, -0.2) is 29.4 Å². The van der Waals surface area contributed by atoms with Gasteiger partial charge in [-0.25, -0.2) is 0 Å². The van der Waals surface area contributed by atoms with Crippen LogP contribution in [0.5, 0.6) is 0 Å². The Morgan fingerprint density at radius 1 is 1.20 bits per heavy atom. The fraction of sp³-hybridized carbons (Fsp3) is 0.500. The summed E-state index contributed by atoms with van der Waals surface area (Å²) in [4.78, 5) is 0. The molecule has 0 saturated heterocycles. The molecule has 0 aliphatic heterocycles. The highest BCUT2D eigenvalue weighted by molar-refractivity contribution is 7.55. The first-order valence-corrected chi connectivity index (χ1v) is 8.17. The second-order valence-electron chi connectivity index (χ2n) is 4.69. The highest BCUT2D eigenvalue weighted by atomic mass is 31.2. The van der Waals surface area contributed by atoms with Crippen molar-refractivity contribution < 1.29 is 18.4 Å². The Morgan fingerprint density at radius 3 is 2.15 bits per heavy atom. The van der Waals surface area contributed by atoms with Crippen molar-refractivity contribution in [3.8, 4) is 0 Å². The van der Waals surface area contributed by atoms with E-state index in [1.165, 1.54) is 6.21 Å². The summed E-state index contributed by atoms with van der Waals surface area (Å²) in [6.07, 6.45) is 1.39. The maximum Gasteiger partial charge on any atom is 0.401 e. The highest BCUT2D eigenvalue weighted by Gasteiger charge is 2.51. The number of hydroxylamine groups is 1. The Hall–Kier alpha value is -1.16. The molecule has 0 unspecified atom stereocenters. The molecule has 0 fully saturated rings. The zero-order valence-corrected chi connectivity index (χ0v) is 13.3. The van der Waals surface area contributed by atoms with Crippen LogP contribution in [0.4, 0.5) is 0 Å². The van der Waals surface area contributed by atoms with Crippen LogP contribution in [-0.2, 0) is 13.6 Å². The van der Waals surface area contributed by atoms with Crippen molar-refractivity contribution in [3.05, 3.63) is 41.1 Å². The molecule has 1 rings (SSSR count). The summed E-state index contributed by atoms with van der Waals surface area (Å²) in [5.74, 6) is 0. The Morgan fingerprint density at radius 2 is 1.70 bits per heavy atom. The first-order chi connectivity index (χ1) is 9.37. The average Bonchev–Trinajstić information content (AvgIpc) is 2.40. The summed E-state index contributed by atoms with van der Waals surface area (Å²) < 4.78 is 23.9. The van der Waals surface area contributed by atoms with E-state index in [-0.39, 0.29) is 13.2 Å². The van der Waals surface area contributed by atoms with Gasteiger partial charge < -0.3 is 14.3 Å². The van der Waals surface area contributed by atoms with Gasteiger partial charge in [0.15, 0.2) is 6.21 Å². The molecule has 20 heavy (non-hydrogen) atoms. The minimum absolute atomic E-state index is 0.222. The fourth-order valence-electron chi connectivity index (χ4n) is 1.65. The average molecular weight is 299 g/mol. The maximum absolute atomic E-state index is 12.8. The van der Waals surface area contributed by atoms with Gasteiger partial charge in [-0.1, -0.05) is 18.2 Å². The lowest BCUT2D eigenvalue weighted by Crippen LogP contribution is -2.35. The van der Waals surface area contributed by atoms with E-state index >= 15 is 0 Å². The van der Waals surface area contributed by atoms with Crippen LogP contribution < -0.4 is 0 Å². The van der Waals surface area contributed by atoms with Gasteiger partial charge in [-0.15, -0.1) is 0 Å². The highest BCUT2D eigenvalue weighted by Crippen LogP contribution is 2.59. The van der Waals surface area contributed by atoms with Gasteiger partial charge in [-0.05, 0) is 26.0 Å². The summed E-state index contributed by atoms with van der Waals surface area (Å²) in [5.41, 5.74) is 0.732. The molecule has 0 aliphatic rings. The topological polar surface area (TPSA) is 61.6 Å². The molecule has 0 heterocycles. The molecule has 6 heteroatoms. The number of rotatable bonds is 7. The molecule has 0 bridgehead atoms. The molecular weight excluding hydrogens is 277 g/mol. The van der Waals surface area contributed by atoms with E-state index in [0.29, 0.717) is 4.74 Å². The van der Waals surface area contributed by atoms with Crippen LogP contribution in [0.25, 0.3) is 0 Å². The van der Waals surface area contributed by atoms with Gasteiger partial charge in [-0.3, -0.25) is 4.57 Å². The summed E-state index contributed by atoms with van der Waals surface area (Å²) in [6, 6.07) is 9.12. The zero-order valence-electron chi connectivity index (χ0n) is 12.4. The van der Waals surface area contributed by atoms with Crippen molar-refractivity contribution in [3.63, 3.8) is 0 Å². The van der Waals surface area contributed by atoms with Crippen molar-refractivity contribution in [1.29, 1.82) is 0 Å². The lowest BCUT2D eigenvalue weighted by Gasteiger charge is -2.30. The first kappa shape index (κ1) is 16.9. The third-order valence-electron chi connectivity index (χ3n) is 2.87. The molecule has 0 atom stereocenters. The lowest BCUT2D eigenvalue weighted by molar-refractivity contribution is -0.510. The van der Waals surface area contributed by atoms with E-state index in [0.717, 1.165) is 5.56 Å². The predicted octanol–water partition coefficient (Wildman–Crippen LogP) is 3.62. The normalized spacial score (nSPS) is 13.5. The molecular formula is C14H22NO4P. The van der Waals surface area contributed by atoms with Gasteiger partial charge in [-0.2, -0.15) is 4.74 Å². The van der Waals surface area contributed by atoms with Crippen molar-refractivity contribution in [1.82, 2.24) is 0 Å². The Kier molecular flexibility index (Phi) is 5.93. The summed E-state index contributed by atoms with van der Waals surface area (Å²) >= 11 is 0. The van der Waals surface area contributed by atoms with Crippen molar-refractivity contribution in [2.45, 2.75) is 33.0 Å². The van der Waals surface area contributed by atoms with E-state index in [2.05, 4.69) is 0 Å². The summed E-state index contributed by atoms with van der Waals surface area (Å²) in [7, 11) is -3.53. The second-order valence-corrected chi connectivity index (χ2v) is 7.30. The lowest BCUT2D eigenvalue weighted by atomic mass is 10.2. The number of benzene rings is 1. The van der Waals surface area contributed by atoms with E-state index in [9.17, 15) is 9.77 Å². The maximum atomic E-state index is 12.8. The summed E-state index contributed by atoms with van der Waals surface area (Å²) in [6.45, 7) is 7.01. The zero-order chi connectivity index (χ0) is 15.2. The van der Waals surface area contributed by atoms with Crippen LogP contribution in [0.15, 0.2) is 30.3 Å². The van der Waals surface area contributed by atoms with E-state index in [1.54, 1.807) is 39.8 Å². The Bertz CT molecular complexity index is 489. The van der Waals surface area contributed by atoms with Gasteiger partial charge in [0.1, 0.15) is 0 Å². The molecule has 0 amide bonds. The largest absolute Gasteiger partial charge is 0.623 e. The molecule has 1 aromatic carbocycles. The third-order valence-corrected chi connectivity index (χ3v) is 5.61. The molecule has 0 spiro atoms. The van der Waals surface area contributed by atoms with Gasteiger partial charge in [0.05, 0.1) is 13.2 Å². The van der Waals surface area contributed by atoms with Crippen LogP contribution in [0.1, 0.15) is 33.3 Å². The quantitative estimate of drug-likeness (QED) is 0.254. The third kappa shape index (κ3) is 3.69. The molecule has 0 aliphatic carbocycles. The second kappa shape index (κ2) is 7.02. The predicted molar refractivity (Wildman–Crippen MR) is 80.2 cm³/mol. The SMILES string of the molecule is CCOP(=O)(OCC)C(C)(C)/[N+]([O-])=C/c1ccccc1. The molecule has 112 valence electrons. The minimum atomic E-state index is -3.53. The van der Waals surface area contributed by atoms with E-state index < -0.39 is 12.9 Å². The molecule has 0 radical (unpaired) electrons. The van der Waals surface area contributed by atoms with Crippen LogP contribution in [0.2, 0.25) is 0 Å². The smallest absolute Gasteiger partial charge is 0.401 e. The number of nitrogens with zero attached hydrogens (tertiary/aromatic N) is 1. The first-order valence-electron chi connectivity index (χ1n) is 6.63. The molecule has 0 saturated carbocycles. The van der Waals surface area contributed by atoms with E-state index in [4.69, 9.17) is 9.05 Å². The van der Waals surface area contributed by atoms with Crippen molar-refractivity contribution in [2.75, 3.05) is 13.2 Å². The number of hydrogen-bond donors (Lipinski definition) is 0. The van der Waals surface area contributed by atoms with Gasteiger partial charge in [0, 0.05) is 19.4 Å². The standard InChI is InChI=1S/C14H22NO4P/c1-5-18-20(17,19-6-2)14(3,4)15(16)12-13-10-8-7-9-11-13/h7-12H,5-6H2,1-4H3/b15-12-. The van der Waals surface area contributed by atoms with Crippen LogP contribution in [0.3, 0.4) is 0 Å². The van der Waals surface area contributed by atoms with Crippen molar-refractivity contribution >= 4 is 13.8 Å². The molecule has 0 aromatic heterocycles. The van der Waals surface area contributed by atoms with E-state index in [1.807, 2.05) is 18.2 Å². The van der Waals surface area contributed by atoms with Crippen LogP contribution in [0, 0.1) is 5.21 Å². The molecule has 5 nitrogen and oxygen atoms in total. The fourth-order valence-corrected chi connectivity index (χ4v) is 3.33.